The minimum absolute atomic E-state index is 0.135. The molecule has 1 rings (SSSR count). The molecule has 0 bridgehead atoms. The van der Waals surface area contributed by atoms with Gasteiger partial charge in [-0.1, -0.05) is 12.2 Å². The van der Waals surface area contributed by atoms with E-state index in [0.717, 1.165) is 0 Å². The lowest BCUT2D eigenvalue weighted by molar-refractivity contribution is 0.396. The van der Waals surface area contributed by atoms with Crippen LogP contribution in [0.1, 0.15) is 24.5 Å². The van der Waals surface area contributed by atoms with Gasteiger partial charge in [0.15, 0.2) is 0 Å². The van der Waals surface area contributed by atoms with Crippen molar-refractivity contribution >= 4 is 27.2 Å². The molecule has 1 unspecified atom stereocenters. The number of hydrogen-bond acceptors (Lipinski definition) is 3. The highest BCUT2D eigenvalue weighted by Gasteiger charge is 2.28. The molecule has 7 heteroatoms. The SMILES string of the molecule is Cc1cc(F)cc(C)c1S(=O)(=O)N(C)C(C)CC(N)=S. The fourth-order valence-corrected chi connectivity index (χ4v) is 4.11. The molecule has 0 aliphatic heterocycles. The molecule has 1 aromatic carbocycles. The van der Waals surface area contributed by atoms with Crippen molar-refractivity contribution in [3.63, 3.8) is 0 Å². The summed E-state index contributed by atoms with van der Waals surface area (Å²) < 4.78 is 39.8. The van der Waals surface area contributed by atoms with Gasteiger partial charge in [-0.2, -0.15) is 4.31 Å². The number of benzene rings is 1. The van der Waals surface area contributed by atoms with E-state index >= 15 is 0 Å². The van der Waals surface area contributed by atoms with Crippen LogP contribution in [0, 0.1) is 19.7 Å². The van der Waals surface area contributed by atoms with E-state index < -0.39 is 15.8 Å². The zero-order valence-corrected chi connectivity index (χ0v) is 13.6. The zero-order chi connectivity index (χ0) is 15.7. The number of sulfonamides is 1. The van der Waals surface area contributed by atoms with Crippen molar-refractivity contribution in [3.05, 3.63) is 29.1 Å². The highest BCUT2D eigenvalue weighted by molar-refractivity contribution is 7.89. The maximum atomic E-state index is 13.3. The van der Waals surface area contributed by atoms with Crippen molar-refractivity contribution in [1.29, 1.82) is 0 Å². The van der Waals surface area contributed by atoms with E-state index in [1.807, 2.05) is 0 Å². The summed E-state index contributed by atoms with van der Waals surface area (Å²) in [4.78, 5) is 0.392. The lowest BCUT2D eigenvalue weighted by atomic mass is 10.1. The first-order chi connectivity index (χ1) is 9.07. The van der Waals surface area contributed by atoms with Gasteiger partial charge < -0.3 is 5.73 Å². The second kappa shape index (κ2) is 6.15. The minimum atomic E-state index is -3.71. The maximum Gasteiger partial charge on any atom is 0.243 e. The van der Waals surface area contributed by atoms with E-state index in [4.69, 9.17) is 18.0 Å². The Hall–Kier alpha value is -1.05. The second-order valence-corrected chi connectivity index (χ2v) is 7.37. The van der Waals surface area contributed by atoms with Gasteiger partial charge in [-0.15, -0.1) is 0 Å². The number of aryl methyl sites for hydroxylation is 2. The predicted molar refractivity (Wildman–Crippen MR) is 81.7 cm³/mol. The third-order valence-electron chi connectivity index (χ3n) is 3.18. The Balaban J connectivity index is 3.27. The van der Waals surface area contributed by atoms with E-state index in [1.165, 1.54) is 23.5 Å². The largest absolute Gasteiger partial charge is 0.393 e. The van der Waals surface area contributed by atoms with Gasteiger partial charge in [0.25, 0.3) is 0 Å². The molecule has 1 atom stereocenters. The van der Waals surface area contributed by atoms with Crippen LogP contribution in [0.15, 0.2) is 17.0 Å². The van der Waals surface area contributed by atoms with Crippen LogP contribution in [0.4, 0.5) is 4.39 Å². The molecule has 0 aliphatic carbocycles. The first-order valence-corrected chi connectivity index (χ1v) is 7.95. The molecule has 0 spiro atoms. The number of halogens is 1. The third-order valence-corrected chi connectivity index (χ3v) is 5.62. The Morgan fingerprint density at radius 2 is 1.85 bits per heavy atom. The number of thiocarbonyl (C=S) groups is 1. The number of hydrogen-bond donors (Lipinski definition) is 1. The zero-order valence-electron chi connectivity index (χ0n) is 12.0. The molecule has 0 saturated heterocycles. The normalized spacial score (nSPS) is 13.5. The Kier molecular flexibility index (Phi) is 5.23. The van der Waals surface area contributed by atoms with E-state index in [2.05, 4.69) is 0 Å². The van der Waals surface area contributed by atoms with Crippen molar-refractivity contribution in [3.8, 4) is 0 Å². The van der Waals surface area contributed by atoms with Crippen molar-refractivity contribution < 1.29 is 12.8 Å². The highest BCUT2D eigenvalue weighted by Crippen LogP contribution is 2.25. The van der Waals surface area contributed by atoms with Crippen LogP contribution in [-0.4, -0.2) is 30.8 Å². The summed E-state index contributed by atoms with van der Waals surface area (Å²) in [5.41, 5.74) is 6.23. The molecule has 2 N–H and O–H groups in total. The maximum absolute atomic E-state index is 13.3. The molecule has 112 valence electrons. The summed E-state index contributed by atoms with van der Waals surface area (Å²) in [6, 6.07) is 2.07. The third kappa shape index (κ3) is 3.53. The van der Waals surface area contributed by atoms with Crippen LogP contribution in [0.2, 0.25) is 0 Å². The number of nitrogens with zero attached hydrogens (tertiary/aromatic N) is 1. The first kappa shape index (κ1) is 17.0. The lowest BCUT2D eigenvalue weighted by Crippen LogP contribution is -2.38. The summed E-state index contributed by atoms with van der Waals surface area (Å²) in [6.45, 7) is 4.88. The number of rotatable bonds is 5. The van der Waals surface area contributed by atoms with Gasteiger partial charge in [-0.3, -0.25) is 0 Å². The van der Waals surface area contributed by atoms with Gasteiger partial charge in [0.05, 0.1) is 9.88 Å². The Morgan fingerprint density at radius 1 is 1.40 bits per heavy atom. The van der Waals surface area contributed by atoms with Crippen molar-refractivity contribution in [2.24, 2.45) is 5.73 Å². The van der Waals surface area contributed by atoms with Gasteiger partial charge in [0.1, 0.15) is 5.82 Å². The summed E-state index contributed by atoms with van der Waals surface area (Å²) in [5.74, 6) is -0.446. The Labute approximate surface area is 124 Å². The molecule has 0 saturated carbocycles. The Bertz CT molecular complexity index is 606. The molecule has 1 aromatic rings. The molecule has 20 heavy (non-hydrogen) atoms. The van der Waals surface area contributed by atoms with Crippen LogP contribution < -0.4 is 5.73 Å². The average molecular weight is 318 g/mol. The van der Waals surface area contributed by atoms with Crippen LogP contribution in [0.3, 0.4) is 0 Å². The van der Waals surface area contributed by atoms with Crippen LogP contribution >= 0.6 is 12.2 Å². The topological polar surface area (TPSA) is 63.4 Å². The van der Waals surface area contributed by atoms with E-state index in [9.17, 15) is 12.8 Å². The standard InChI is InChI=1S/C13H19FN2O2S2/c1-8-5-11(14)6-9(2)13(8)20(17,18)16(4)10(3)7-12(15)19/h5-6,10H,7H2,1-4H3,(H2,15,19). The predicted octanol–water partition coefficient (Wildman–Crippen LogP) is 2.13. The lowest BCUT2D eigenvalue weighted by Gasteiger charge is -2.25. The van der Waals surface area contributed by atoms with Crippen molar-refractivity contribution in [2.45, 2.75) is 38.1 Å². The molecular formula is C13H19FN2O2S2. The van der Waals surface area contributed by atoms with Crippen molar-refractivity contribution in [2.75, 3.05) is 7.05 Å². The van der Waals surface area contributed by atoms with E-state index in [0.29, 0.717) is 17.5 Å². The monoisotopic (exact) mass is 318 g/mol. The second-order valence-electron chi connectivity index (χ2n) is 4.91. The average Bonchev–Trinajstić information content (AvgIpc) is 2.24. The summed E-state index contributed by atoms with van der Waals surface area (Å²) in [6.07, 6.45) is 0.296. The number of nitrogens with two attached hydrogens (primary N) is 1. The summed E-state index contributed by atoms with van der Waals surface area (Å²) in [7, 11) is -2.24. The molecule has 0 fully saturated rings. The van der Waals surface area contributed by atoms with Crippen LogP contribution in [-0.2, 0) is 10.0 Å². The molecular weight excluding hydrogens is 299 g/mol. The fourth-order valence-electron chi connectivity index (χ4n) is 2.10. The molecule has 4 nitrogen and oxygen atoms in total. The quantitative estimate of drug-likeness (QED) is 0.845. The van der Waals surface area contributed by atoms with E-state index in [1.54, 1.807) is 20.8 Å². The van der Waals surface area contributed by atoms with Gasteiger partial charge in [0, 0.05) is 19.5 Å². The van der Waals surface area contributed by atoms with Gasteiger partial charge >= 0.3 is 0 Å². The van der Waals surface area contributed by atoms with Crippen LogP contribution in [0.25, 0.3) is 0 Å². The Morgan fingerprint density at radius 3 is 2.25 bits per heavy atom. The smallest absolute Gasteiger partial charge is 0.243 e. The molecule has 0 aliphatic rings. The molecule has 0 aromatic heterocycles. The highest BCUT2D eigenvalue weighted by atomic mass is 32.2. The van der Waals surface area contributed by atoms with E-state index in [-0.39, 0.29) is 15.9 Å². The van der Waals surface area contributed by atoms with Crippen LogP contribution in [0.5, 0.6) is 0 Å². The van der Waals surface area contributed by atoms with Gasteiger partial charge in [0.2, 0.25) is 10.0 Å². The fraction of sp³-hybridized carbons (Fsp3) is 0.462. The first-order valence-electron chi connectivity index (χ1n) is 6.10. The van der Waals surface area contributed by atoms with Gasteiger partial charge in [-0.25, -0.2) is 12.8 Å². The summed E-state index contributed by atoms with van der Waals surface area (Å²) >= 11 is 4.81. The van der Waals surface area contributed by atoms with Crippen molar-refractivity contribution in [1.82, 2.24) is 4.31 Å². The van der Waals surface area contributed by atoms with Gasteiger partial charge in [-0.05, 0) is 44.0 Å². The molecule has 0 radical (unpaired) electrons. The molecule has 0 amide bonds. The minimum Gasteiger partial charge on any atom is -0.393 e. The molecule has 0 heterocycles. The summed E-state index contributed by atoms with van der Waals surface area (Å²) in [5, 5.41) is 0.